The Morgan fingerprint density at radius 2 is 2.00 bits per heavy atom. The standard InChI is InChI=1S/C10H21N2O/c13-8-2-1-5-12-6-3-10(4-7-12)9-11-12/h10-11,13H,1-9H2/q+1. The van der Waals surface area contributed by atoms with E-state index >= 15 is 0 Å². The van der Waals surface area contributed by atoms with Crippen molar-refractivity contribution >= 4 is 0 Å². The van der Waals surface area contributed by atoms with Crippen LogP contribution in [0.4, 0.5) is 0 Å². The minimum Gasteiger partial charge on any atom is -0.396 e. The minimum absolute atomic E-state index is 0.350. The van der Waals surface area contributed by atoms with E-state index in [1.165, 1.54) is 39.0 Å². The van der Waals surface area contributed by atoms with Crippen LogP contribution in [0.25, 0.3) is 0 Å². The van der Waals surface area contributed by atoms with Gasteiger partial charge in [0.15, 0.2) is 0 Å². The summed E-state index contributed by atoms with van der Waals surface area (Å²) in [6.45, 7) is 5.42. The van der Waals surface area contributed by atoms with Crippen molar-refractivity contribution in [2.24, 2.45) is 5.92 Å². The normalized spacial score (nSPS) is 38.1. The van der Waals surface area contributed by atoms with E-state index in [1.807, 2.05) is 0 Å². The molecule has 3 aliphatic heterocycles. The molecule has 3 nitrogen and oxygen atoms in total. The lowest BCUT2D eigenvalue weighted by molar-refractivity contribution is -0.983. The molecule has 3 aliphatic rings. The molecule has 0 amide bonds. The highest BCUT2D eigenvalue weighted by atomic mass is 16.2. The number of quaternary nitrogens is 1. The van der Waals surface area contributed by atoms with Gasteiger partial charge in [-0.15, -0.1) is 0 Å². The van der Waals surface area contributed by atoms with Crippen molar-refractivity contribution in [2.75, 3.05) is 32.8 Å². The highest BCUT2D eigenvalue weighted by molar-refractivity contribution is 4.70. The summed E-state index contributed by atoms with van der Waals surface area (Å²) in [5, 5.41) is 8.73. The number of nitrogens with zero attached hydrogens (tertiary/aromatic N) is 1. The lowest BCUT2D eigenvalue weighted by atomic mass is 9.93. The number of fused-ring (bicyclic) bond motifs is 3. The first-order chi connectivity index (χ1) is 6.35. The zero-order valence-corrected chi connectivity index (χ0v) is 8.34. The quantitative estimate of drug-likeness (QED) is 0.494. The van der Waals surface area contributed by atoms with Gasteiger partial charge in [-0.3, -0.25) is 0 Å². The van der Waals surface area contributed by atoms with Gasteiger partial charge in [-0.2, -0.15) is 5.43 Å². The Balaban J connectivity index is 1.81. The second-order valence-corrected chi connectivity index (χ2v) is 4.55. The van der Waals surface area contributed by atoms with Gasteiger partial charge in [0, 0.05) is 32.4 Å². The molecule has 3 fully saturated rings. The number of nitrogens with one attached hydrogen (secondary N) is 1. The molecule has 0 unspecified atom stereocenters. The average Bonchev–Trinajstić information content (AvgIpc) is 2.21. The van der Waals surface area contributed by atoms with Gasteiger partial charge in [0.25, 0.3) is 0 Å². The summed E-state index contributed by atoms with van der Waals surface area (Å²) < 4.78 is 1.14. The topological polar surface area (TPSA) is 32.3 Å². The Bertz CT molecular complexity index is 151. The van der Waals surface area contributed by atoms with Gasteiger partial charge < -0.3 is 5.11 Å². The maximum atomic E-state index is 8.73. The van der Waals surface area contributed by atoms with Gasteiger partial charge >= 0.3 is 0 Å². The summed E-state index contributed by atoms with van der Waals surface area (Å²) >= 11 is 0. The molecule has 2 bridgehead atoms. The number of aliphatic hydroxyl groups is 1. The molecule has 0 spiro atoms. The fourth-order valence-electron chi connectivity index (χ4n) is 2.63. The number of unbranched alkanes of at least 4 members (excludes halogenated alkanes) is 1. The van der Waals surface area contributed by atoms with Crippen LogP contribution in [0.5, 0.6) is 0 Å². The van der Waals surface area contributed by atoms with E-state index in [0.29, 0.717) is 6.61 Å². The third kappa shape index (κ3) is 2.03. The van der Waals surface area contributed by atoms with Crippen molar-refractivity contribution < 1.29 is 9.70 Å². The molecule has 0 saturated carbocycles. The molecule has 3 rings (SSSR count). The van der Waals surface area contributed by atoms with Crippen LogP contribution in [0, 0.1) is 5.92 Å². The van der Waals surface area contributed by atoms with Crippen LogP contribution >= 0.6 is 0 Å². The van der Waals surface area contributed by atoms with Gasteiger partial charge in [-0.05, 0) is 12.3 Å². The molecule has 0 atom stereocenters. The second kappa shape index (κ2) is 3.95. The molecule has 76 valence electrons. The van der Waals surface area contributed by atoms with Crippen molar-refractivity contribution in [1.82, 2.24) is 5.43 Å². The van der Waals surface area contributed by atoms with Crippen LogP contribution in [0.15, 0.2) is 0 Å². The number of hydrogen-bond donors (Lipinski definition) is 2. The minimum atomic E-state index is 0.350. The molecule has 0 aromatic heterocycles. The molecule has 2 N–H and O–H groups in total. The predicted octanol–water partition coefficient (Wildman–Crippen LogP) is 0.504. The van der Waals surface area contributed by atoms with Crippen molar-refractivity contribution in [1.29, 1.82) is 0 Å². The summed E-state index contributed by atoms with van der Waals surface area (Å²) in [7, 11) is 0. The highest BCUT2D eigenvalue weighted by Gasteiger charge is 2.39. The Kier molecular flexibility index (Phi) is 2.86. The Morgan fingerprint density at radius 1 is 1.23 bits per heavy atom. The molecule has 3 saturated heterocycles. The molecule has 13 heavy (non-hydrogen) atoms. The maximum absolute atomic E-state index is 8.73. The number of rotatable bonds is 4. The molecule has 3 heteroatoms. The fraction of sp³-hybridized carbons (Fsp3) is 1.00. The van der Waals surface area contributed by atoms with E-state index in [4.69, 9.17) is 5.11 Å². The molecule has 0 aromatic carbocycles. The van der Waals surface area contributed by atoms with Crippen molar-refractivity contribution in [2.45, 2.75) is 25.7 Å². The second-order valence-electron chi connectivity index (χ2n) is 4.55. The van der Waals surface area contributed by atoms with Crippen LogP contribution in [0.3, 0.4) is 0 Å². The number of piperidine rings is 1. The zero-order valence-electron chi connectivity index (χ0n) is 8.34. The Labute approximate surface area is 80.3 Å². The van der Waals surface area contributed by atoms with Crippen molar-refractivity contribution in [3.63, 3.8) is 0 Å². The van der Waals surface area contributed by atoms with E-state index in [1.54, 1.807) is 0 Å². The van der Waals surface area contributed by atoms with Crippen LogP contribution in [-0.2, 0) is 0 Å². The van der Waals surface area contributed by atoms with E-state index < -0.39 is 0 Å². The maximum Gasteiger partial charge on any atom is 0.0965 e. The average molecular weight is 185 g/mol. The van der Waals surface area contributed by atoms with Crippen LogP contribution in [0.2, 0.25) is 0 Å². The van der Waals surface area contributed by atoms with Gasteiger partial charge in [0.05, 0.1) is 19.6 Å². The lowest BCUT2D eigenvalue weighted by Crippen LogP contribution is -2.67. The largest absolute Gasteiger partial charge is 0.396 e. The summed E-state index contributed by atoms with van der Waals surface area (Å²) in [5.41, 5.74) is 3.65. The summed E-state index contributed by atoms with van der Waals surface area (Å²) in [4.78, 5) is 0. The smallest absolute Gasteiger partial charge is 0.0965 e. The van der Waals surface area contributed by atoms with Gasteiger partial charge in [-0.1, -0.05) is 0 Å². The number of aliphatic hydroxyl groups excluding tert-OH is 1. The Morgan fingerprint density at radius 3 is 2.54 bits per heavy atom. The molecular formula is C10H21N2O+. The highest BCUT2D eigenvalue weighted by Crippen LogP contribution is 2.27. The van der Waals surface area contributed by atoms with Crippen molar-refractivity contribution in [3.8, 4) is 0 Å². The van der Waals surface area contributed by atoms with E-state index in [2.05, 4.69) is 5.43 Å². The van der Waals surface area contributed by atoms with Gasteiger partial charge in [0.2, 0.25) is 0 Å². The first-order valence-electron chi connectivity index (χ1n) is 5.57. The van der Waals surface area contributed by atoms with Crippen LogP contribution in [-0.4, -0.2) is 42.5 Å². The molecule has 3 heterocycles. The number of hydrogen-bond acceptors (Lipinski definition) is 2. The molecule has 0 aromatic rings. The summed E-state index contributed by atoms with van der Waals surface area (Å²) in [6.07, 6.45) is 4.94. The van der Waals surface area contributed by atoms with E-state index in [9.17, 15) is 0 Å². The SMILES string of the molecule is OCCCC[N+]12CCC(CC1)CN2. The van der Waals surface area contributed by atoms with E-state index in [0.717, 1.165) is 23.4 Å². The first kappa shape index (κ1) is 9.44. The lowest BCUT2D eigenvalue weighted by Gasteiger charge is -2.48. The molecule has 0 radical (unpaired) electrons. The van der Waals surface area contributed by atoms with Crippen LogP contribution < -0.4 is 5.43 Å². The summed E-state index contributed by atoms with van der Waals surface area (Å²) in [5.74, 6) is 0.956. The van der Waals surface area contributed by atoms with Crippen LogP contribution in [0.1, 0.15) is 25.7 Å². The Hall–Kier alpha value is -0.120. The van der Waals surface area contributed by atoms with Crippen molar-refractivity contribution in [3.05, 3.63) is 0 Å². The zero-order chi connectivity index (χ0) is 9.15. The molecule has 0 aliphatic carbocycles. The third-order valence-electron chi connectivity index (χ3n) is 3.64. The third-order valence-corrected chi connectivity index (χ3v) is 3.64. The predicted molar refractivity (Wildman–Crippen MR) is 51.9 cm³/mol. The fourth-order valence-corrected chi connectivity index (χ4v) is 2.63. The van der Waals surface area contributed by atoms with Gasteiger partial charge in [0.1, 0.15) is 0 Å². The molecular weight excluding hydrogens is 164 g/mol. The van der Waals surface area contributed by atoms with Gasteiger partial charge in [-0.25, -0.2) is 4.59 Å². The summed E-state index contributed by atoms with van der Waals surface area (Å²) in [6, 6.07) is 0. The van der Waals surface area contributed by atoms with E-state index in [-0.39, 0.29) is 0 Å². The first-order valence-corrected chi connectivity index (χ1v) is 5.57. The monoisotopic (exact) mass is 185 g/mol.